The first kappa shape index (κ1) is 25.3. The molecule has 12 nitrogen and oxygen atoms in total. The van der Waals surface area contributed by atoms with Gasteiger partial charge in [0.05, 0.1) is 30.3 Å². The average Bonchev–Trinajstić information content (AvgIpc) is 3.11. The molecule has 0 radical (unpaired) electrons. The van der Waals surface area contributed by atoms with Crippen LogP contribution in [0.3, 0.4) is 0 Å². The molecule has 1 saturated heterocycles. The third-order valence-corrected chi connectivity index (χ3v) is 7.26. The minimum absolute atomic E-state index is 0.0151. The Bertz CT molecular complexity index is 1120. The molecule has 2 aliphatic rings. The summed E-state index contributed by atoms with van der Waals surface area (Å²) < 4.78 is 31.1. The Morgan fingerprint density at radius 1 is 1.18 bits per heavy atom. The lowest BCUT2D eigenvalue weighted by Crippen LogP contribution is -2.52. The van der Waals surface area contributed by atoms with Crippen LogP contribution in [0.4, 0.5) is 0 Å². The molecule has 1 aromatic carbocycles. The van der Waals surface area contributed by atoms with Crippen molar-refractivity contribution in [2.75, 3.05) is 25.5 Å². The minimum atomic E-state index is -3.82. The van der Waals surface area contributed by atoms with Crippen molar-refractivity contribution in [1.29, 1.82) is 0 Å². The lowest BCUT2D eigenvalue weighted by Gasteiger charge is -2.29. The number of carboxylic acids is 1. The number of fused-ring (bicyclic) bond motifs is 1. The Balaban J connectivity index is 1.56. The van der Waals surface area contributed by atoms with Crippen molar-refractivity contribution in [2.24, 2.45) is 0 Å². The summed E-state index contributed by atoms with van der Waals surface area (Å²) in [6, 6.07) is 3.53. The van der Waals surface area contributed by atoms with Crippen molar-refractivity contribution in [3.8, 4) is 0 Å². The van der Waals surface area contributed by atoms with E-state index < -0.39 is 45.5 Å². The number of benzene rings is 1. The Morgan fingerprint density at radius 2 is 1.94 bits per heavy atom. The molecular weight excluding hydrogens is 470 g/mol. The van der Waals surface area contributed by atoms with Crippen LogP contribution in [0.1, 0.15) is 41.6 Å². The highest BCUT2D eigenvalue weighted by Gasteiger charge is 2.40. The summed E-state index contributed by atoms with van der Waals surface area (Å²) in [5, 5.41) is 13.2. The number of ether oxygens (including phenoxy) is 1. The van der Waals surface area contributed by atoms with E-state index in [0.29, 0.717) is 5.56 Å². The molecule has 3 rings (SSSR count). The van der Waals surface area contributed by atoms with Gasteiger partial charge in [-0.2, -0.15) is 0 Å². The number of rotatable bonds is 11. The second-order valence-electron chi connectivity index (χ2n) is 7.86. The van der Waals surface area contributed by atoms with Gasteiger partial charge in [-0.15, -0.1) is 0 Å². The Hall–Kier alpha value is -3.32. The number of nitrogens with one attached hydrogen (secondary N) is 2. The Kier molecular flexibility index (Phi) is 7.99. The molecule has 13 heteroatoms. The van der Waals surface area contributed by atoms with E-state index in [9.17, 15) is 32.4 Å². The summed E-state index contributed by atoms with van der Waals surface area (Å²) >= 11 is 0. The van der Waals surface area contributed by atoms with E-state index in [4.69, 9.17) is 9.84 Å². The fourth-order valence-electron chi connectivity index (χ4n) is 3.80. The number of piperidine rings is 1. The van der Waals surface area contributed by atoms with Gasteiger partial charge in [0.25, 0.3) is 5.91 Å². The van der Waals surface area contributed by atoms with Crippen LogP contribution in [0, 0.1) is 0 Å². The highest BCUT2D eigenvalue weighted by atomic mass is 32.2. The van der Waals surface area contributed by atoms with E-state index in [0.717, 1.165) is 0 Å². The fourth-order valence-corrected chi connectivity index (χ4v) is 5.19. The van der Waals surface area contributed by atoms with E-state index in [1.54, 1.807) is 0 Å². The number of aliphatic carboxylic acids is 1. The molecule has 0 saturated carbocycles. The smallest absolute Gasteiger partial charge is 0.303 e. The first-order valence-corrected chi connectivity index (χ1v) is 12.3. The monoisotopic (exact) mass is 495 g/mol. The zero-order valence-corrected chi connectivity index (χ0v) is 19.1. The molecule has 0 aromatic heterocycles. The van der Waals surface area contributed by atoms with Crippen molar-refractivity contribution in [3.05, 3.63) is 29.3 Å². The van der Waals surface area contributed by atoms with E-state index in [1.165, 1.54) is 23.1 Å². The summed E-state index contributed by atoms with van der Waals surface area (Å²) in [6.45, 7) is -0.0570. The van der Waals surface area contributed by atoms with Gasteiger partial charge < -0.3 is 20.1 Å². The first-order valence-electron chi connectivity index (χ1n) is 10.7. The van der Waals surface area contributed by atoms with E-state index in [2.05, 4.69) is 10.6 Å². The van der Waals surface area contributed by atoms with E-state index in [1.807, 2.05) is 0 Å². The van der Waals surface area contributed by atoms with Crippen LogP contribution in [-0.4, -0.2) is 79.6 Å². The van der Waals surface area contributed by atoms with E-state index in [-0.39, 0.29) is 68.2 Å². The summed E-state index contributed by atoms with van der Waals surface area (Å²) in [5.41, 5.74) is 0.513. The molecule has 1 aromatic rings. The van der Waals surface area contributed by atoms with Gasteiger partial charge in [0, 0.05) is 37.1 Å². The molecule has 1 atom stereocenters. The highest BCUT2D eigenvalue weighted by Crippen LogP contribution is 2.32. The third-order valence-electron chi connectivity index (χ3n) is 5.51. The Labute approximate surface area is 195 Å². The van der Waals surface area contributed by atoms with Crippen LogP contribution in [-0.2, 0) is 40.3 Å². The molecule has 4 amide bonds. The molecule has 1 unspecified atom stereocenters. The molecule has 0 bridgehead atoms. The van der Waals surface area contributed by atoms with Gasteiger partial charge >= 0.3 is 5.97 Å². The molecule has 2 aliphatic heterocycles. The summed E-state index contributed by atoms with van der Waals surface area (Å²) in [7, 11) is -3.82. The molecule has 2 heterocycles. The Morgan fingerprint density at radius 3 is 2.65 bits per heavy atom. The number of carbonyl (C=O) groups is 5. The van der Waals surface area contributed by atoms with Crippen LogP contribution in [0.5, 0.6) is 0 Å². The van der Waals surface area contributed by atoms with E-state index >= 15 is 0 Å². The van der Waals surface area contributed by atoms with Crippen LogP contribution in [0.15, 0.2) is 23.1 Å². The molecule has 3 N–H and O–H groups in total. The maximum Gasteiger partial charge on any atom is 0.303 e. The van der Waals surface area contributed by atoms with Gasteiger partial charge in [-0.25, -0.2) is 8.42 Å². The second-order valence-corrected chi connectivity index (χ2v) is 9.93. The number of hydrogen-bond donors (Lipinski definition) is 3. The largest absolute Gasteiger partial charge is 0.481 e. The molecule has 0 aliphatic carbocycles. The number of carboxylic acid groups (broad SMARTS) is 1. The first-order chi connectivity index (χ1) is 16.1. The predicted molar refractivity (Wildman–Crippen MR) is 115 cm³/mol. The van der Waals surface area contributed by atoms with Crippen molar-refractivity contribution in [1.82, 2.24) is 15.5 Å². The molecule has 34 heavy (non-hydrogen) atoms. The highest BCUT2D eigenvalue weighted by molar-refractivity contribution is 7.91. The normalized spacial score (nSPS) is 17.9. The number of sulfone groups is 1. The lowest BCUT2D eigenvalue weighted by molar-refractivity contribution is -0.139. The topological polar surface area (TPSA) is 176 Å². The van der Waals surface area contributed by atoms with Gasteiger partial charge in [0.15, 0.2) is 9.84 Å². The summed E-state index contributed by atoms with van der Waals surface area (Å²) in [5.74, 6) is -3.33. The maximum atomic E-state index is 12.9. The fraction of sp³-hybridized carbons (Fsp3) is 0.476. The number of carbonyl (C=O) groups excluding carboxylic acids is 4. The molecular formula is C21H25N3O9S. The SMILES string of the molecule is O=C(O)CCC(=O)NCCOCCS(=O)(=O)c1cccc2c1CN(C1CCC(=O)NC1=O)C2=O. The molecule has 184 valence electrons. The van der Waals surface area contributed by atoms with Crippen molar-refractivity contribution < 1.29 is 42.2 Å². The van der Waals surface area contributed by atoms with Gasteiger partial charge in [-0.3, -0.25) is 29.3 Å². The predicted octanol–water partition coefficient (Wildman–Crippen LogP) is -0.781. The van der Waals surface area contributed by atoms with Crippen LogP contribution < -0.4 is 10.6 Å². The standard InChI is InChI=1S/C21H25N3O9S/c25-17(6-7-19(27)28)22-8-9-33-10-11-34(31,32)16-3-1-2-13-14(16)12-24(21(13)30)15-4-5-18(26)23-20(15)29/h1-3,15H,4-12H2,(H,22,25)(H,27,28)(H,23,26,29). The van der Waals surface area contributed by atoms with Crippen LogP contribution in [0.25, 0.3) is 0 Å². The van der Waals surface area contributed by atoms with Gasteiger partial charge in [-0.05, 0) is 18.6 Å². The summed E-state index contributed by atoms with van der Waals surface area (Å²) in [4.78, 5) is 59.6. The van der Waals surface area contributed by atoms with Gasteiger partial charge in [0.1, 0.15) is 6.04 Å². The second kappa shape index (κ2) is 10.7. The van der Waals surface area contributed by atoms with Gasteiger partial charge in [-0.1, -0.05) is 6.07 Å². The number of nitrogens with zero attached hydrogens (tertiary/aromatic N) is 1. The molecule has 1 fully saturated rings. The van der Waals surface area contributed by atoms with Crippen LogP contribution in [0.2, 0.25) is 0 Å². The lowest BCUT2D eigenvalue weighted by atomic mass is 10.0. The minimum Gasteiger partial charge on any atom is -0.481 e. The van der Waals surface area contributed by atoms with Crippen LogP contribution >= 0.6 is 0 Å². The molecule has 0 spiro atoms. The third kappa shape index (κ3) is 5.97. The van der Waals surface area contributed by atoms with Crippen molar-refractivity contribution >= 4 is 39.4 Å². The number of hydrogen-bond acceptors (Lipinski definition) is 8. The number of imide groups is 1. The average molecular weight is 496 g/mol. The quantitative estimate of drug-likeness (QED) is 0.262. The summed E-state index contributed by atoms with van der Waals surface area (Å²) in [6.07, 6.45) is -0.167. The van der Waals surface area contributed by atoms with Crippen molar-refractivity contribution in [3.63, 3.8) is 0 Å². The zero-order valence-electron chi connectivity index (χ0n) is 18.2. The maximum absolute atomic E-state index is 12.9. The van der Waals surface area contributed by atoms with Crippen molar-refractivity contribution in [2.45, 2.75) is 43.2 Å². The van der Waals surface area contributed by atoms with Gasteiger partial charge in [0.2, 0.25) is 17.7 Å². The number of amides is 4. The zero-order chi connectivity index (χ0) is 24.9.